The first-order valence-electron chi connectivity index (χ1n) is 8.96. The summed E-state index contributed by atoms with van der Waals surface area (Å²) in [6, 6.07) is 0. The number of hydrogen-bond acceptors (Lipinski definition) is 5. The van der Waals surface area contributed by atoms with E-state index in [1.165, 1.54) is 15.8 Å². The lowest BCUT2D eigenvalue weighted by atomic mass is 9.72. The van der Waals surface area contributed by atoms with Crippen molar-refractivity contribution in [1.29, 1.82) is 0 Å². The van der Waals surface area contributed by atoms with E-state index < -0.39 is 0 Å². The Labute approximate surface area is 152 Å². The van der Waals surface area contributed by atoms with Gasteiger partial charge in [-0.05, 0) is 42.6 Å². The van der Waals surface area contributed by atoms with Crippen LogP contribution in [0.3, 0.4) is 0 Å². The van der Waals surface area contributed by atoms with Gasteiger partial charge in [0, 0.05) is 4.88 Å². The quantitative estimate of drug-likeness (QED) is 0.780. The van der Waals surface area contributed by atoms with Crippen LogP contribution in [0.5, 0.6) is 0 Å². The SMILES string of the molecule is CCCOC(=O)Cn1cnc2sc3c(c2c1=O)CCC(C(C)(C)C)C3. The minimum absolute atomic E-state index is 0.0724. The van der Waals surface area contributed by atoms with Gasteiger partial charge in [-0.15, -0.1) is 11.3 Å². The lowest BCUT2D eigenvalue weighted by molar-refractivity contribution is -0.144. The maximum atomic E-state index is 12.9. The molecule has 0 amide bonds. The molecule has 0 radical (unpaired) electrons. The first-order valence-corrected chi connectivity index (χ1v) is 9.78. The van der Waals surface area contributed by atoms with E-state index in [-0.39, 0.29) is 23.5 Å². The lowest BCUT2D eigenvalue weighted by Crippen LogP contribution is -2.28. The number of hydrogen-bond donors (Lipinski definition) is 0. The number of carbonyl (C=O) groups excluding carboxylic acids is 1. The van der Waals surface area contributed by atoms with Gasteiger partial charge >= 0.3 is 5.97 Å². The second-order valence-electron chi connectivity index (χ2n) is 7.89. The Morgan fingerprint density at radius 1 is 1.44 bits per heavy atom. The molecule has 0 bridgehead atoms. The van der Waals surface area contributed by atoms with Crippen LogP contribution in [0.2, 0.25) is 0 Å². The Bertz CT molecular complexity index is 845. The van der Waals surface area contributed by atoms with Crippen molar-refractivity contribution in [3.8, 4) is 0 Å². The maximum Gasteiger partial charge on any atom is 0.326 e. The molecule has 1 aliphatic rings. The molecule has 0 saturated heterocycles. The van der Waals surface area contributed by atoms with Crippen molar-refractivity contribution in [3.63, 3.8) is 0 Å². The molecular weight excluding hydrogens is 336 g/mol. The molecule has 0 N–H and O–H groups in total. The van der Waals surface area contributed by atoms with Crippen molar-refractivity contribution in [2.24, 2.45) is 11.3 Å². The van der Waals surface area contributed by atoms with Crippen LogP contribution in [0, 0.1) is 11.3 Å². The second-order valence-corrected chi connectivity index (χ2v) is 8.97. The van der Waals surface area contributed by atoms with Crippen LogP contribution in [-0.2, 0) is 28.9 Å². The highest BCUT2D eigenvalue weighted by atomic mass is 32.1. The third kappa shape index (κ3) is 3.64. The molecule has 1 atom stereocenters. The van der Waals surface area contributed by atoms with E-state index in [1.54, 1.807) is 11.3 Å². The van der Waals surface area contributed by atoms with Gasteiger partial charge in [-0.1, -0.05) is 27.7 Å². The van der Waals surface area contributed by atoms with Crippen molar-refractivity contribution in [3.05, 3.63) is 27.1 Å². The molecule has 0 fully saturated rings. The Morgan fingerprint density at radius 3 is 2.88 bits per heavy atom. The molecule has 2 heterocycles. The normalized spacial score (nSPS) is 17.5. The van der Waals surface area contributed by atoms with Gasteiger partial charge in [0.2, 0.25) is 0 Å². The van der Waals surface area contributed by atoms with Crippen molar-refractivity contribution >= 4 is 27.5 Å². The monoisotopic (exact) mass is 362 g/mol. The van der Waals surface area contributed by atoms with Gasteiger partial charge in [-0.3, -0.25) is 14.2 Å². The molecule has 0 spiro atoms. The predicted molar refractivity (Wildman–Crippen MR) is 100 cm³/mol. The Hall–Kier alpha value is -1.69. The molecule has 1 aliphatic carbocycles. The molecule has 1 unspecified atom stereocenters. The zero-order valence-corrected chi connectivity index (χ0v) is 16.2. The van der Waals surface area contributed by atoms with Crippen LogP contribution in [0.1, 0.15) is 51.0 Å². The van der Waals surface area contributed by atoms with Crippen LogP contribution in [0.25, 0.3) is 10.2 Å². The van der Waals surface area contributed by atoms with Gasteiger partial charge < -0.3 is 4.74 Å². The average molecular weight is 362 g/mol. The minimum Gasteiger partial charge on any atom is -0.464 e. The first kappa shape index (κ1) is 18.1. The fourth-order valence-corrected chi connectivity index (χ4v) is 4.71. The summed E-state index contributed by atoms with van der Waals surface area (Å²) in [5, 5.41) is 0.707. The summed E-state index contributed by atoms with van der Waals surface area (Å²) in [7, 11) is 0. The number of fused-ring (bicyclic) bond motifs is 3. The standard InChI is InChI=1S/C19H26N2O3S/c1-5-8-24-15(22)10-21-11-20-17-16(18(21)23)13-7-6-12(19(2,3)4)9-14(13)25-17/h11-12H,5-10H2,1-4H3. The number of aryl methyl sites for hydroxylation is 1. The molecule has 25 heavy (non-hydrogen) atoms. The molecule has 6 heteroatoms. The molecule has 0 saturated carbocycles. The maximum absolute atomic E-state index is 12.9. The van der Waals surface area contributed by atoms with Gasteiger partial charge in [0.1, 0.15) is 11.4 Å². The third-order valence-corrected chi connectivity index (χ3v) is 6.19. The third-order valence-electron chi connectivity index (χ3n) is 5.03. The number of nitrogens with zero attached hydrogens (tertiary/aromatic N) is 2. The molecule has 3 rings (SSSR count). The number of thiophene rings is 1. The van der Waals surface area contributed by atoms with Crippen LogP contribution >= 0.6 is 11.3 Å². The van der Waals surface area contributed by atoms with Gasteiger partial charge in [-0.2, -0.15) is 0 Å². The zero-order chi connectivity index (χ0) is 18.2. The van der Waals surface area contributed by atoms with Crippen LogP contribution < -0.4 is 5.56 Å². The van der Waals surface area contributed by atoms with Gasteiger partial charge in [0.05, 0.1) is 18.3 Å². The molecule has 2 aromatic heterocycles. The van der Waals surface area contributed by atoms with E-state index in [9.17, 15) is 9.59 Å². The Morgan fingerprint density at radius 2 is 2.20 bits per heavy atom. The summed E-state index contributed by atoms with van der Waals surface area (Å²) in [6.07, 6.45) is 5.26. The van der Waals surface area contributed by atoms with Gasteiger partial charge in [0.25, 0.3) is 5.56 Å². The van der Waals surface area contributed by atoms with E-state index in [0.717, 1.165) is 36.1 Å². The predicted octanol–water partition coefficient (Wildman–Crippen LogP) is 3.56. The minimum atomic E-state index is -0.387. The van der Waals surface area contributed by atoms with E-state index in [0.29, 0.717) is 17.9 Å². The Kier molecular flexibility index (Phi) is 5.00. The topological polar surface area (TPSA) is 61.2 Å². The number of rotatable bonds is 4. The Balaban J connectivity index is 1.93. The second kappa shape index (κ2) is 6.90. The molecule has 0 aromatic carbocycles. The molecule has 0 aliphatic heterocycles. The average Bonchev–Trinajstić information content (AvgIpc) is 2.93. The molecule has 5 nitrogen and oxygen atoms in total. The number of carbonyl (C=O) groups is 1. The van der Waals surface area contributed by atoms with Gasteiger partial charge in [-0.25, -0.2) is 4.98 Å². The molecule has 2 aromatic rings. The van der Waals surface area contributed by atoms with Crippen molar-refractivity contribution in [2.45, 2.75) is 59.9 Å². The summed E-state index contributed by atoms with van der Waals surface area (Å²) >= 11 is 1.63. The zero-order valence-electron chi connectivity index (χ0n) is 15.4. The molecule has 136 valence electrons. The highest BCUT2D eigenvalue weighted by molar-refractivity contribution is 7.18. The van der Waals surface area contributed by atoms with Crippen molar-refractivity contribution < 1.29 is 9.53 Å². The highest BCUT2D eigenvalue weighted by Crippen LogP contribution is 2.41. The molecular formula is C19H26N2O3S. The highest BCUT2D eigenvalue weighted by Gasteiger charge is 2.31. The summed E-state index contributed by atoms with van der Waals surface area (Å²) in [5.74, 6) is 0.237. The van der Waals surface area contributed by atoms with E-state index in [1.807, 2.05) is 6.92 Å². The van der Waals surface area contributed by atoms with Crippen LogP contribution in [0.4, 0.5) is 0 Å². The lowest BCUT2D eigenvalue weighted by Gasteiger charge is -2.33. The largest absolute Gasteiger partial charge is 0.464 e. The number of ether oxygens (including phenoxy) is 1. The van der Waals surface area contributed by atoms with Crippen LogP contribution in [0.15, 0.2) is 11.1 Å². The summed E-state index contributed by atoms with van der Waals surface area (Å²) < 4.78 is 6.46. The van der Waals surface area contributed by atoms with E-state index >= 15 is 0 Å². The van der Waals surface area contributed by atoms with Crippen molar-refractivity contribution in [2.75, 3.05) is 6.61 Å². The number of aromatic nitrogens is 2. The van der Waals surface area contributed by atoms with E-state index in [2.05, 4.69) is 25.8 Å². The summed E-state index contributed by atoms with van der Waals surface area (Å²) in [4.78, 5) is 31.2. The summed E-state index contributed by atoms with van der Waals surface area (Å²) in [5.41, 5.74) is 1.30. The fourth-order valence-electron chi connectivity index (χ4n) is 3.45. The number of esters is 1. The summed E-state index contributed by atoms with van der Waals surface area (Å²) in [6.45, 7) is 9.09. The van der Waals surface area contributed by atoms with Crippen molar-refractivity contribution in [1.82, 2.24) is 9.55 Å². The smallest absolute Gasteiger partial charge is 0.326 e. The first-order chi connectivity index (χ1) is 11.8. The fraction of sp³-hybridized carbons (Fsp3) is 0.632. The van der Waals surface area contributed by atoms with Crippen LogP contribution in [-0.4, -0.2) is 22.1 Å². The van der Waals surface area contributed by atoms with Gasteiger partial charge in [0.15, 0.2) is 0 Å². The van der Waals surface area contributed by atoms with E-state index in [4.69, 9.17) is 4.74 Å².